The van der Waals surface area contributed by atoms with Gasteiger partial charge in [0.1, 0.15) is 0 Å². The van der Waals surface area contributed by atoms with Crippen molar-refractivity contribution < 1.29 is 10.2 Å². The number of rotatable bonds is 1. The minimum Gasteiger partial charge on any atom is -0.397 e. The maximum atomic E-state index is 8.55. The number of thiol groups is 2. The number of hydrogen-bond acceptors (Lipinski definition) is 4. The van der Waals surface area contributed by atoms with Gasteiger partial charge in [-0.05, 0) is 13.3 Å². The van der Waals surface area contributed by atoms with E-state index in [1.807, 2.05) is 0 Å². The summed E-state index contributed by atoms with van der Waals surface area (Å²) in [6.07, 6.45) is 0.555. The third kappa shape index (κ3) is 28.8. The third-order valence-corrected chi connectivity index (χ3v) is 1.11. The van der Waals surface area contributed by atoms with Crippen molar-refractivity contribution in [3.8, 4) is 0 Å². The molecule has 2 N–H and O–H groups in total. The van der Waals surface area contributed by atoms with Crippen LogP contribution in [0.5, 0.6) is 0 Å². The molecule has 0 amide bonds. The average molecular weight is 170 g/mol. The van der Waals surface area contributed by atoms with E-state index in [0.717, 1.165) is 0 Å². The molecule has 0 aliphatic rings. The molecule has 2 nitrogen and oxygen atoms in total. The van der Waals surface area contributed by atoms with E-state index in [1.165, 1.54) is 0 Å². The Kier molecular flexibility index (Phi) is 9.21. The molecule has 0 saturated carbocycles. The number of aliphatic hydroxyl groups is 2. The van der Waals surface area contributed by atoms with Crippen molar-refractivity contribution in [1.29, 1.82) is 0 Å². The molecule has 4 heteroatoms. The third-order valence-electron chi connectivity index (χ3n) is 0.474. The van der Waals surface area contributed by atoms with Gasteiger partial charge < -0.3 is 10.2 Å². The van der Waals surface area contributed by atoms with Crippen LogP contribution in [-0.4, -0.2) is 21.1 Å². The lowest BCUT2D eigenvalue weighted by molar-refractivity contribution is 0.231. The first-order valence-corrected chi connectivity index (χ1v) is 3.65. The normalized spacial score (nSPS) is 10.0. The molecule has 0 aromatic carbocycles. The zero-order valence-electron chi connectivity index (χ0n) is 5.70. The maximum Gasteiger partial charge on any atom is 0.151 e. The predicted octanol–water partition coefficient (Wildman–Crippen LogP) is 0.901. The summed E-state index contributed by atoms with van der Waals surface area (Å²) in [7, 11) is 0. The monoisotopic (exact) mass is 170 g/mol. The van der Waals surface area contributed by atoms with Crippen molar-refractivity contribution in [2.75, 3.05) is 6.61 Å². The zero-order valence-corrected chi connectivity index (χ0v) is 7.49. The van der Waals surface area contributed by atoms with Crippen LogP contribution in [-0.2, 0) is 0 Å². The summed E-state index contributed by atoms with van der Waals surface area (Å²) < 4.78 is -1.07. The van der Waals surface area contributed by atoms with Gasteiger partial charge in [-0.15, -0.1) is 25.3 Å². The molecule has 9 heavy (non-hydrogen) atoms. The fraction of sp³-hybridized carbons (Fsp3) is 1.00. The van der Waals surface area contributed by atoms with Gasteiger partial charge >= 0.3 is 0 Å². The molecule has 0 radical (unpaired) electrons. The van der Waals surface area contributed by atoms with Crippen molar-refractivity contribution >= 4 is 25.3 Å². The van der Waals surface area contributed by atoms with Gasteiger partial charge in [0.15, 0.2) is 4.27 Å². The molecule has 0 saturated heterocycles. The minimum absolute atomic E-state index is 0.250. The van der Waals surface area contributed by atoms with Crippen LogP contribution in [0.3, 0.4) is 0 Å². The van der Waals surface area contributed by atoms with Crippen LogP contribution < -0.4 is 0 Å². The summed E-state index contributed by atoms with van der Waals surface area (Å²) in [6, 6.07) is 0. The highest BCUT2D eigenvalue weighted by Gasteiger charge is 2.08. The van der Waals surface area contributed by atoms with Crippen LogP contribution in [0, 0.1) is 0 Å². The molecule has 0 rings (SSSR count). The van der Waals surface area contributed by atoms with E-state index in [2.05, 4.69) is 25.3 Å². The van der Waals surface area contributed by atoms with Crippen LogP contribution >= 0.6 is 25.3 Å². The van der Waals surface area contributed by atoms with Crippen LogP contribution in [0.2, 0.25) is 0 Å². The molecule has 58 valence electrons. The second-order valence-corrected chi connectivity index (χ2v) is 3.28. The first kappa shape index (κ1) is 12.3. The molecule has 0 unspecified atom stereocenters. The summed E-state index contributed by atoms with van der Waals surface area (Å²) in [4.78, 5) is 0. The van der Waals surface area contributed by atoms with E-state index in [-0.39, 0.29) is 6.61 Å². The predicted molar refractivity (Wildman–Crippen MR) is 46.0 cm³/mol. The Balaban J connectivity index is 0. The number of aliphatic hydroxyl groups excluding tert-OH is 1. The Hall–Kier alpha value is 0.620. The largest absolute Gasteiger partial charge is 0.397 e. The van der Waals surface area contributed by atoms with Gasteiger partial charge in [-0.25, -0.2) is 0 Å². The second kappa shape index (κ2) is 6.74. The molecule has 0 bridgehead atoms. The molecule has 0 heterocycles. The summed E-state index contributed by atoms with van der Waals surface area (Å²) in [5.74, 6) is 0. The molecular weight excluding hydrogens is 156 g/mol. The SMILES string of the molecule is CCC(O)(S)S.CCO. The lowest BCUT2D eigenvalue weighted by atomic mass is 10.5. The van der Waals surface area contributed by atoms with Crippen LogP contribution in [0.1, 0.15) is 20.3 Å². The number of hydrogen-bond donors (Lipinski definition) is 4. The molecule has 0 atom stereocenters. The Morgan fingerprint density at radius 2 is 1.44 bits per heavy atom. The first-order chi connectivity index (χ1) is 3.97. The molecule has 0 aliphatic carbocycles. The maximum absolute atomic E-state index is 8.55. The van der Waals surface area contributed by atoms with Crippen LogP contribution in [0.4, 0.5) is 0 Å². The van der Waals surface area contributed by atoms with Gasteiger partial charge in [0.2, 0.25) is 0 Å². The van der Waals surface area contributed by atoms with E-state index in [4.69, 9.17) is 10.2 Å². The summed E-state index contributed by atoms with van der Waals surface area (Å²) in [5, 5.41) is 16.1. The molecule has 0 aromatic rings. The van der Waals surface area contributed by atoms with E-state index >= 15 is 0 Å². The van der Waals surface area contributed by atoms with Crippen LogP contribution in [0.15, 0.2) is 0 Å². The Bertz CT molecular complexity index is 51.4. The van der Waals surface area contributed by atoms with Crippen molar-refractivity contribution in [3.05, 3.63) is 0 Å². The van der Waals surface area contributed by atoms with Crippen molar-refractivity contribution in [3.63, 3.8) is 0 Å². The Labute approximate surface area is 67.1 Å². The first-order valence-electron chi connectivity index (χ1n) is 2.75. The van der Waals surface area contributed by atoms with Crippen molar-refractivity contribution in [2.24, 2.45) is 0 Å². The lowest BCUT2D eigenvalue weighted by Crippen LogP contribution is -2.07. The molecule has 0 spiro atoms. The van der Waals surface area contributed by atoms with Gasteiger partial charge in [0.05, 0.1) is 0 Å². The van der Waals surface area contributed by atoms with Crippen LogP contribution in [0.25, 0.3) is 0 Å². The minimum atomic E-state index is -1.07. The van der Waals surface area contributed by atoms with E-state index in [9.17, 15) is 0 Å². The zero-order chi connectivity index (χ0) is 7.91. The highest BCUT2D eigenvalue weighted by Crippen LogP contribution is 2.17. The van der Waals surface area contributed by atoms with Gasteiger partial charge in [0.25, 0.3) is 0 Å². The highest BCUT2D eigenvalue weighted by molar-refractivity contribution is 8.00. The molecular formula is C5H14O2S2. The molecule has 0 aliphatic heterocycles. The van der Waals surface area contributed by atoms with Crippen molar-refractivity contribution in [1.82, 2.24) is 0 Å². The Morgan fingerprint density at radius 3 is 1.44 bits per heavy atom. The standard InChI is InChI=1S/C3H8OS2.C2H6O/c1-2-3(4,5)6;1-2-3/h4-6H,2H2,1H3;3H,2H2,1H3. The van der Waals surface area contributed by atoms with Crippen molar-refractivity contribution in [2.45, 2.75) is 24.5 Å². The second-order valence-electron chi connectivity index (χ2n) is 1.44. The van der Waals surface area contributed by atoms with Gasteiger partial charge in [-0.2, -0.15) is 0 Å². The molecule has 0 fully saturated rings. The molecule has 0 aromatic heterocycles. The summed E-state index contributed by atoms with van der Waals surface area (Å²) >= 11 is 7.35. The topological polar surface area (TPSA) is 40.5 Å². The average Bonchev–Trinajstić information content (AvgIpc) is 1.67. The van der Waals surface area contributed by atoms with Gasteiger partial charge in [-0.1, -0.05) is 6.92 Å². The Morgan fingerprint density at radius 1 is 1.33 bits per heavy atom. The quantitative estimate of drug-likeness (QED) is 0.349. The van der Waals surface area contributed by atoms with E-state index in [1.54, 1.807) is 13.8 Å². The smallest absolute Gasteiger partial charge is 0.151 e. The van der Waals surface area contributed by atoms with E-state index < -0.39 is 4.27 Å². The highest BCUT2D eigenvalue weighted by atomic mass is 32.2. The fourth-order valence-electron chi connectivity index (χ4n) is 0. The van der Waals surface area contributed by atoms with E-state index in [0.29, 0.717) is 6.42 Å². The fourth-order valence-corrected chi connectivity index (χ4v) is 0. The summed E-state index contributed by atoms with van der Waals surface area (Å²) in [6.45, 7) is 3.74. The lowest BCUT2D eigenvalue weighted by Gasteiger charge is -2.09. The van der Waals surface area contributed by atoms with Gasteiger partial charge in [0, 0.05) is 6.61 Å². The van der Waals surface area contributed by atoms with Gasteiger partial charge in [-0.3, -0.25) is 0 Å². The summed E-state index contributed by atoms with van der Waals surface area (Å²) in [5.41, 5.74) is 0.